The van der Waals surface area contributed by atoms with Crippen LogP contribution in [0.3, 0.4) is 0 Å². The van der Waals surface area contributed by atoms with Crippen LogP contribution in [0.15, 0.2) is 48.5 Å². The van der Waals surface area contributed by atoms with Crippen LogP contribution < -0.4 is 9.64 Å². The number of anilines is 1. The minimum Gasteiger partial charge on any atom is -0.508 e. The van der Waals surface area contributed by atoms with Gasteiger partial charge in [-0.15, -0.1) is 0 Å². The lowest BCUT2D eigenvalue weighted by molar-refractivity contribution is 0.171. The van der Waals surface area contributed by atoms with Gasteiger partial charge in [0.25, 0.3) is 0 Å². The number of benzene rings is 2. The average Bonchev–Trinajstić information content (AvgIpc) is 2.51. The zero-order chi connectivity index (χ0) is 14.7. The fourth-order valence-electron chi connectivity index (χ4n) is 2.60. The molecule has 1 heterocycles. The Morgan fingerprint density at radius 1 is 0.952 bits per heavy atom. The van der Waals surface area contributed by atoms with Gasteiger partial charge in [0.05, 0.1) is 0 Å². The number of phenolic OH excluding ortho intramolecular Hbond substituents is 1. The molecule has 0 aliphatic carbocycles. The van der Waals surface area contributed by atoms with Crippen LogP contribution in [0.4, 0.5) is 5.69 Å². The average molecular weight is 304 g/mol. The van der Waals surface area contributed by atoms with E-state index in [0.29, 0.717) is 5.75 Å². The first kappa shape index (κ1) is 14.1. The van der Waals surface area contributed by atoms with Crippen molar-refractivity contribution in [2.24, 2.45) is 0 Å². The first-order valence-corrected chi connectivity index (χ1v) is 7.55. The number of ether oxygens (including phenoxy) is 1. The fraction of sp³-hybridized carbons (Fsp3) is 0.294. The summed E-state index contributed by atoms with van der Waals surface area (Å²) in [6.45, 7) is 1.92. The van der Waals surface area contributed by atoms with Gasteiger partial charge < -0.3 is 14.7 Å². The second-order valence-electron chi connectivity index (χ2n) is 5.27. The van der Waals surface area contributed by atoms with Gasteiger partial charge in [0.2, 0.25) is 0 Å². The van der Waals surface area contributed by atoms with E-state index in [0.717, 1.165) is 42.4 Å². The molecule has 3 nitrogen and oxygen atoms in total. The third-order valence-electron chi connectivity index (χ3n) is 3.77. The molecule has 2 aromatic carbocycles. The molecule has 1 fully saturated rings. The summed E-state index contributed by atoms with van der Waals surface area (Å²) in [5.41, 5.74) is 1.15. The quantitative estimate of drug-likeness (QED) is 0.927. The number of rotatable bonds is 3. The molecular formula is C17H18ClNO2. The van der Waals surface area contributed by atoms with Crippen molar-refractivity contribution in [2.75, 3.05) is 18.0 Å². The number of phenols is 1. The topological polar surface area (TPSA) is 32.7 Å². The van der Waals surface area contributed by atoms with Gasteiger partial charge in [0.15, 0.2) is 0 Å². The lowest BCUT2D eigenvalue weighted by Gasteiger charge is -2.33. The Morgan fingerprint density at radius 2 is 1.57 bits per heavy atom. The molecule has 1 N–H and O–H groups in total. The van der Waals surface area contributed by atoms with Crippen molar-refractivity contribution in [1.82, 2.24) is 0 Å². The van der Waals surface area contributed by atoms with Gasteiger partial charge in [-0.2, -0.15) is 0 Å². The number of aromatic hydroxyl groups is 1. The minimum absolute atomic E-state index is 0.250. The van der Waals surface area contributed by atoms with Crippen LogP contribution in [0.5, 0.6) is 11.5 Å². The summed E-state index contributed by atoms with van der Waals surface area (Å²) in [6.07, 6.45) is 2.23. The lowest BCUT2D eigenvalue weighted by atomic mass is 10.1. The molecule has 1 aliphatic rings. The summed E-state index contributed by atoms with van der Waals surface area (Å²) in [5.74, 6) is 1.18. The van der Waals surface area contributed by atoms with E-state index in [-0.39, 0.29) is 6.10 Å². The summed E-state index contributed by atoms with van der Waals surface area (Å²) < 4.78 is 5.99. The first-order chi connectivity index (χ1) is 10.2. The van der Waals surface area contributed by atoms with Gasteiger partial charge in [-0.1, -0.05) is 11.6 Å². The highest BCUT2D eigenvalue weighted by Crippen LogP contribution is 2.25. The zero-order valence-corrected chi connectivity index (χ0v) is 12.5. The predicted molar refractivity (Wildman–Crippen MR) is 85.4 cm³/mol. The molecule has 0 saturated carbocycles. The lowest BCUT2D eigenvalue weighted by Crippen LogP contribution is -2.38. The molecule has 0 amide bonds. The Bertz CT molecular complexity index is 575. The van der Waals surface area contributed by atoms with Crippen molar-refractivity contribution in [3.8, 4) is 11.5 Å². The van der Waals surface area contributed by atoms with Gasteiger partial charge in [-0.05, 0) is 48.5 Å². The van der Waals surface area contributed by atoms with Gasteiger partial charge >= 0.3 is 0 Å². The Morgan fingerprint density at radius 3 is 2.19 bits per heavy atom. The van der Waals surface area contributed by atoms with E-state index in [2.05, 4.69) is 4.90 Å². The van der Waals surface area contributed by atoms with Crippen molar-refractivity contribution < 1.29 is 9.84 Å². The molecular weight excluding hydrogens is 286 g/mol. The number of hydrogen-bond acceptors (Lipinski definition) is 3. The number of piperidine rings is 1. The Balaban J connectivity index is 1.55. The smallest absolute Gasteiger partial charge is 0.119 e. The maximum Gasteiger partial charge on any atom is 0.119 e. The zero-order valence-electron chi connectivity index (χ0n) is 11.7. The highest BCUT2D eigenvalue weighted by molar-refractivity contribution is 6.30. The van der Waals surface area contributed by atoms with Crippen LogP contribution >= 0.6 is 11.6 Å². The van der Waals surface area contributed by atoms with Crippen LogP contribution in [0.25, 0.3) is 0 Å². The van der Waals surface area contributed by atoms with Crippen molar-refractivity contribution in [2.45, 2.75) is 18.9 Å². The fourth-order valence-corrected chi connectivity index (χ4v) is 2.73. The minimum atomic E-state index is 0.250. The molecule has 0 aromatic heterocycles. The molecule has 21 heavy (non-hydrogen) atoms. The molecule has 0 atom stereocenters. The number of hydrogen-bond donors (Lipinski definition) is 1. The van der Waals surface area contributed by atoms with Crippen molar-refractivity contribution >= 4 is 17.3 Å². The summed E-state index contributed by atoms with van der Waals surface area (Å²) in [7, 11) is 0. The molecule has 3 rings (SSSR count). The van der Waals surface area contributed by atoms with E-state index in [1.807, 2.05) is 36.4 Å². The molecule has 2 aromatic rings. The largest absolute Gasteiger partial charge is 0.508 e. The van der Waals surface area contributed by atoms with Crippen molar-refractivity contribution in [3.63, 3.8) is 0 Å². The Kier molecular flexibility index (Phi) is 4.20. The van der Waals surface area contributed by atoms with E-state index >= 15 is 0 Å². The highest BCUT2D eigenvalue weighted by atomic mass is 35.5. The summed E-state index contributed by atoms with van der Waals surface area (Å²) in [5, 5.41) is 10.1. The Hall–Kier alpha value is -1.87. The van der Waals surface area contributed by atoms with Gasteiger partial charge in [-0.3, -0.25) is 0 Å². The molecule has 1 aliphatic heterocycles. The third kappa shape index (κ3) is 3.61. The molecule has 0 radical (unpaired) electrons. The molecule has 0 unspecified atom stereocenters. The summed E-state index contributed by atoms with van der Waals surface area (Å²) >= 11 is 5.87. The van der Waals surface area contributed by atoms with E-state index in [4.69, 9.17) is 16.3 Å². The third-order valence-corrected chi connectivity index (χ3v) is 4.03. The van der Waals surface area contributed by atoms with Gasteiger partial charge in [0.1, 0.15) is 17.6 Å². The highest BCUT2D eigenvalue weighted by Gasteiger charge is 2.20. The first-order valence-electron chi connectivity index (χ1n) is 7.17. The van der Waals surface area contributed by atoms with Crippen LogP contribution in [0.1, 0.15) is 12.8 Å². The van der Waals surface area contributed by atoms with Crippen molar-refractivity contribution in [1.29, 1.82) is 0 Å². The monoisotopic (exact) mass is 303 g/mol. The molecule has 0 spiro atoms. The summed E-state index contributed by atoms with van der Waals surface area (Å²) in [6, 6.07) is 14.9. The molecule has 0 bridgehead atoms. The maximum absolute atomic E-state index is 9.33. The molecule has 1 saturated heterocycles. The second-order valence-corrected chi connectivity index (χ2v) is 5.71. The SMILES string of the molecule is Oc1ccc(N2CCC(Oc3ccc(Cl)cc3)CC2)cc1. The molecule has 4 heteroatoms. The summed E-state index contributed by atoms with van der Waals surface area (Å²) in [4.78, 5) is 2.32. The van der Waals surface area contributed by atoms with Crippen LogP contribution in [-0.4, -0.2) is 24.3 Å². The number of nitrogens with zero attached hydrogens (tertiary/aromatic N) is 1. The van der Waals surface area contributed by atoms with E-state index in [1.54, 1.807) is 12.1 Å². The second kappa shape index (κ2) is 6.27. The van der Waals surface area contributed by atoms with E-state index in [9.17, 15) is 5.11 Å². The van der Waals surface area contributed by atoms with Crippen LogP contribution in [-0.2, 0) is 0 Å². The van der Waals surface area contributed by atoms with Gasteiger partial charge in [0, 0.05) is 36.6 Å². The van der Waals surface area contributed by atoms with E-state index in [1.165, 1.54) is 0 Å². The van der Waals surface area contributed by atoms with E-state index < -0.39 is 0 Å². The number of halogens is 1. The maximum atomic E-state index is 9.33. The van der Waals surface area contributed by atoms with Crippen molar-refractivity contribution in [3.05, 3.63) is 53.6 Å². The predicted octanol–water partition coefficient (Wildman–Crippen LogP) is 4.09. The van der Waals surface area contributed by atoms with Crippen LogP contribution in [0.2, 0.25) is 5.02 Å². The van der Waals surface area contributed by atoms with Crippen LogP contribution in [0, 0.1) is 0 Å². The standard InChI is InChI=1S/C17H18ClNO2/c18-13-1-7-16(8-2-13)21-17-9-11-19(12-10-17)14-3-5-15(20)6-4-14/h1-8,17,20H,9-12H2. The molecule has 110 valence electrons. The normalized spacial score (nSPS) is 16.0. The van der Waals surface area contributed by atoms with Gasteiger partial charge in [-0.25, -0.2) is 0 Å². The Labute approximate surface area is 129 Å².